The minimum absolute atomic E-state index is 0.113. The Bertz CT molecular complexity index is 114. The Hall–Kier alpha value is -0.120. The molecule has 0 amide bonds. The maximum Gasteiger partial charge on any atom is 0.282 e. The number of hydrogen-bond donors (Lipinski definition) is 0. The van der Waals surface area contributed by atoms with Crippen LogP contribution in [0.25, 0.3) is 0 Å². The number of rotatable bonds is 4. The second-order valence-electron chi connectivity index (χ2n) is 4.03. The van der Waals surface area contributed by atoms with Gasteiger partial charge in [0.25, 0.3) is 5.97 Å². The van der Waals surface area contributed by atoms with E-state index in [0.29, 0.717) is 6.42 Å². The molecule has 0 aromatic rings. The van der Waals surface area contributed by atoms with Crippen molar-refractivity contribution in [3.63, 3.8) is 0 Å². The average molecular weight is 176 g/mol. The van der Waals surface area contributed by atoms with Crippen LogP contribution in [0.2, 0.25) is 0 Å². The summed E-state index contributed by atoms with van der Waals surface area (Å²) in [5, 5.41) is 0. The molecule has 74 valence electrons. The van der Waals surface area contributed by atoms with E-state index in [9.17, 15) is 0 Å². The van der Waals surface area contributed by atoms with E-state index >= 15 is 0 Å². The normalized spacial score (nSPS) is 13.5. The monoisotopic (exact) mass is 176 g/mol. The molecule has 12 heavy (non-hydrogen) atoms. The SMILES string of the molecule is COC(CC(C)(C)C)(OC)OC. The first kappa shape index (κ1) is 11.9. The molecule has 0 fully saturated rings. The number of hydrogen-bond acceptors (Lipinski definition) is 3. The molecule has 0 spiro atoms. The van der Waals surface area contributed by atoms with E-state index in [4.69, 9.17) is 14.2 Å². The lowest BCUT2D eigenvalue weighted by molar-refractivity contribution is -0.362. The maximum atomic E-state index is 5.17. The van der Waals surface area contributed by atoms with Crippen molar-refractivity contribution in [3.8, 4) is 0 Å². The fourth-order valence-electron chi connectivity index (χ4n) is 1.12. The molecule has 0 aliphatic carbocycles. The lowest BCUT2D eigenvalue weighted by Gasteiger charge is -2.34. The summed E-state index contributed by atoms with van der Waals surface area (Å²) >= 11 is 0. The molecule has 0 aromatic heterocycles. The standard InChI is InChI=1S/C9H20O3/c1-8(2,3)7-9(10-4,11-5)12-6/h7H2,1-6H3. The molecule has 0 unspecified atom stereocenters. The minimum Gasteiger partial charge on any atom is -0.331 e. The summed E-state index contributed by atoms with van der Waals surface area (Å²) in [7, 11) is 4.75. The molecule has 0 saturated heterocycles. The first-order valence-electron chi connectivity index (χ1n) is 4.04. The van der Waals surface area contributed by atoms with Gasteiger partial charge < -0.3 is 14.2 Å². The molecule has 0 bridgehead atoms. The molecule has 0 radical (unpaired) electrons. The van der Waals surface area contributed by atoms with Crippen LogP contribution in [0.5, 0.6) is 0 Å². The van der Waals surface area contributed by atoms with Crippen molar-refractivity contribution in [3.05, 3.63) is 0 Å². The van der Waals surface area contributed by atoms with Gasteiger partial charge in [0.05, 0.1) is 0 Å². The van der Waals surface area contributed by atoms with E-state index in [1.165, 1.54) is 0 Å². The zero-order chi connectivity index (χ0) is 9.83. The van der Waals surface area contributed by atoms with E-state index in [0.717, 1.165) is 0 Å². The van der Waals surface area contributed by atoms with Gasteiger partial charge in [0.2, 0.25) is 0 Å². The van der Waals surface area contributed by atoms with Crippen molar-refractivity contribution in [2.45, 2.75) is 33.2 Å². The molecule has 0 saturated carbocycles. The van der Waals surface area contributed by atoms with Crippen LogP contribution in [0.3, 0.4) is 0 Å². The Morgan fingerprint density at radius 3 is 1.25 bits per heavy atom. The second-order valence-corrected chi connectivity index (χ2v) is 4.03. The summed E-state index contributed by atoms with van der Waals surface area (Å²) in [5.74, 6) is -0.891. The van der Waals surface area contributed by atoms with E-state index in [-0.39, 0.29) is 5.41 Å². The Kier molecular flexibility index (Phi) is 4.17. The van der Waals surface area contributed by atoms with Crippen LogP contribution in [-0.4, -0.2) is 27.3 Å². The van der Waals surface area contributed by atoms with Crippen molar-refractivity contribution >= 4 is 0 Å². The zero-order valence-electron chi connectivity index (χ0n) is 8.93. The fraction of sp³-hybridized carbons (Fsp3) is 1.00. The topological polar surface area (TPSA) is 27.7 Å². The van der Waals surface area contributed by atoms with Gasteiger partial charge in [-0.3, -0.25) is 0 Å². The number of methoxy groups -OCH3 is 3. The van der Waals surface area contributed by atoms with Crippen molar-refractivity contribution in [1.82, 2.24) is 0 Å². The smallest absolute Gasteiger partial charge is 0.282 e. The van der Waals surface area contributed by atoms with Gasteiger partial charge in [-0.2, -0.15) is 0 Å². The molecule has 0 rings (SSSR count). The predicted molar refractivity (Wildman–Crippen MR) is 47.8 cm³/mol. The van der Waals surface area contributed by atoms with Gasteiger partial charge in [-0.25, -0.2) is 0 Å². The van der Waals surface area contributed by atoms with E-state index in [1.54, 1.807) is 21.3 Å². The summed E-state index contributed by atoms with van der Waals surface area (Å²) in [6.45, 7) is 6.33. The molecule has 0 N–H and O–H groups in total. The summed E-state index contributed by atoms with van der Waals surface area (Å²) in [6, 6.07) is 0. The highest BCUT2D eigenvalue weighted by Crippen LogP contribution is 2.30. The second kappa shape index (κ2) is 4.21. The third-order valence-corrected chi connectivity index (χ3v) is 1.68. The predicted octanol–water partition coefficient (Wildman–Crippen LogP) is 2.02. The summed E-state index contributed by atoms with van der Waals surface area (Å²) in [4.78, 5) is 0. The third kappa shape index (κ3) is 3.52. The van der Waals surface area contributed by atoms with E-state index in [2.05, 4.69) is 20.8 Å². The van der Waals surface area contributed by atoms with E-state index < -0.39 is 5.97 Å². The third-order valence-electron chi connectivity index (χ3n) is 1.68. The molecule has 0 heterocycles. The first-order chi connectivity index (χ1) is 5.39. The van der Waals surface area contributed by atoms with Crippen LogP contribution in [0.4, 0.5) is 0 Å². The lowest BCUT2D eigenvalue weighted by atomic mass is 9.91. The molecule has 0 aromatic carbocycles. The van der Waals surface area contributed by atoms with Crippen molar-refractivity contribution in [2.75, 3.05) is 21.3 Å². The largest absolute Gasteiger partial charge is 0.331 e. The van der Waals surface area contributed by atoms with E-state index in [1.807, 2.05) is 0 Å². The van der Waals surface area contributed by atoms with Crippen molar-refractivity contribution in [2.24, 2.45) is 5.41 Å². The molecule has 0 atom stereocenters. The summed E-state index contributed by atoms with van der Waals surface area (Å²) in [5.41, 5.74) is 0.113. The molecule has 0 aliphatic rings. The minimum atomic E-state index is -0.891. The molecule has 3 heteroatoms. The Morgan fingerprint density at radius 1 is 0.833 bits per heavy atom. The summed E-state index contributed by atoms with van der Waals surface area (Å²) < 4.78 is 15.5. The van der Waals surface area contributed by atoms with Crippen LogP contribution in [-0.2, 0) is 14.2 Å². The van der Waals surface area contributed by atoms with Gasteiger partial charge in [-0.15, -0.1) is 0 Å². The highest BCUT2D eigenvalue weighted by Gasteiger charge is 2.34. The highest BCUT2D eigenvalue weighted by molar-refractivity contribution is 4.69. The van der Waals surface area contributed by atoms with Crippen molar-refractivity contribution < 1.29 is 14.2 Å². The van der Waals surface area contributed by atoms with Gasteiger partial charge in [0.15, 0.2) is 0 Å². The Labute approximate surface area is 75.0 Å². The van der Waals surface area contributed by atoms with Gasteiger partial charge in [0.1, 0.15) is 0 Å². The zero-order valence-corrected chi connectivity index (χ0v) is 8.93. The molecular formula is C9H20O3. The van der Waals surface area contributed by atoms with Gasteiger partial charge >= 0.3 is 0 Å². The maximum absolute atomic E-state index is 5.17. The lowest BCUT2D eigenvalue weighted by Crippen LogP contribution is -2.39. The quantitative estimate of drug-likeness (QED) is 0.613. The molecule has 3 nitrogen and oxygen atoms in total. The van der Waals surface area contributed by atoms with Crippen molar-refractivity contribution in [1.29, 1.82) is 0 Å². The van der Waals surface area contributed by atoms with Crippen LogP contribution in [0.15, 0.2) is 0 Å². The van der Waals surface area contributed by atoms with Gasteiger partial charge in [-0.1, -0.05) is 20.8 Å². The number of ether oxygens (including phenoxy) is 3. The van der Waals surface area contributed by atoms with Crippen LogP contribution in [0, 0.1) is 5.41 Å². The van der Waals surface area contributed by atoms with Gasteiger partial charge in [0, 0.05) is 27.8 Å². The van der Waals surface area contributed by atoms with Crippen LogP contribution in [0.1, 0.15) is 27.2 Å². The summed E-state index contributed by atoms with van der Waals surface area (Å²) in [6.07, 6.45) is 0.698. The Morgan fingerprint density at radius 2 is 1.17 bits per heavy atom. The molecule has 0 aliphatic heterocycles. The molecular weight excluding hydrogens is 156 g/mol. The highest BCUT2D eigenvalue weighted by atomic mass is 16.9. The van der Waals surface area contributed by atoms with Crippen LogP contribution < -0.4 is 0 Å². The van der Waals surface area contributed by atoms with Crippen LogP contribution >= 0.6 is 0 Å². The Balaban J connectivity index is 4.30. The fourth-order valence-corrected chi connectivity index (χ4v) is 1.12. The average Bonchev–Trinajstić information content (AvgIpc) is 1.99. The van der Waals surface area contributed by atoms with Gasteiger partial charge in [-0.05, 0) is 5.41 Å². The first-order valence-corrected chi connectivity index (χ1v) is 4.04.